The molecule has 0 saturated carbocycles. The van der Waals surface area contributed by atoms with Crippen LogP contribution in [-0.2, 0) is 13.0 Å². The summed E-state index contributed by atoms with van der Waals surface area (Å²) in [6.07, 6.45) is 2.32. The van der Waals surface area contributed by atoms with Gasteiger partial charge in [0.1, 0.15) is 5.69 Å². The Labute approximate surface area is 145 Å². The second-order valence-electron chi connectivity index (χ2n) is 6.23. The second kappa shape index (κ2) is 6.43. The minimum absolute atomic E-state index is 0.149. The highest BCUT2D eigenvalue weighted by atomic mass is 16.5. The van der Waals surface area contributed by atoms with Gasteiger partial charge in [-0.1, -0.05) is 47.6 Å². The molecule has 0 fully saturated rings. The molecule has 0 spiro atoms. The fourth-order valence-corrected chi connectivity index (χ4v) is 3.29. The van der Waals surface area contributed by atoms with E-state index in [1.54, 1.807) is 0 Å². The Morgan fingerprint density at radius 3 is 2.72 bits per heavy atom. The molecule has 4 rings (SSSR count). The number of carboxylic acids is 1. The Morgan fingerprint density at radius 1 is 1.16 bits per heavy atom. The van der Waals surface area contributed by atoms with E-state index in [0.29, 0.717) is 5.69 Å². The highest BCUT2D eigenvalue weighted by Gasteiger charge is 2.16. The number of rotatable bonds is 4. The number of nitrogens with zero attached hydrogens (tertiary/aromatic N) is 2. The van der Waals surface area contributed by atoms with Crippen molar-refractivity contribution in [1.82, 2.24) is 5.16 Å². The van der Waals surface area contributed by atoms with Crippen LogP contribution >= 0.6 is 0 Å². The Balaban J connectivity index is 1.52. The number of benzene rings is 2. The molecule has 2 heterocycles. The summed E-state index contributed by atoms with van der Waals surface area (Å²) in [6, 6.07) is 18.0. The molecule has 1 aliphatic rings. The highest BCUT2D eigenvalue weighted by Crippen LogP contribution is 2.28. The zero-order valence-corrected chi connectivity index (χ0v) is 13.7. The van der Waals surface area contributed by atoms with Gasteiger partial charge in [-0.05, 0) is 30.0 Å². The van der Waals surface area contributed by atoms with Crippen LogP contribution in [0, 0.1) is 0 Å². The van der Waals surface area contributed by atoms with Crippen LogP contribution in [0.5, 0.6) is 0 Å². The van der Waals surface area contributed by atoms with E-state index in [9.17, 15) is 4.79 Å². The Bertz CT molecular complexity index is 899. The van der Waals surface area contributed by atoms with Crippen molar-refractivity contribution in [2.24, 2.45) is 0 Å². The molecular weight excluding hydrogens is 316 g/mol. The van der Waals surface area contributed by atoms with E-state index in [1.807, 2.05) is 12.1 Å². The molecule has 0 unspecified atom stereocenters. The van der Waals surface area contributed by atoms with Gasteiger partial charge in [-0.25, -0.2) is 4.79 Å². The van der Waals surface area contributed by atoms with E-state index in [-0.39, 0.29) is 5.76 Å². The van der Waals surface area contributed by atoms with Crippen molar-refractivity contribution in [3.05, 3.63) is 71.5 Å². The van der Waals surface area contributed by atoms with Gasteiger partial charge in [-0.3, -0.25) is 0 Å². The maximum Gasteiger partial charge on any atom is 0.374 e. The summed E-state index contributed by atoms with van der Waals surface area (Å²) < 4.78 is 4.81. The normalized spacial score (nSPS) is 13.5. The summed E-state index contributed by atoms with van der Waals surface area (Å²) >= 11 is 0. The predicted molar refractivity (Wildman–Crippen MR) is 94.7 cm³/mol. The van der Waals surface area contributed by atoms with Gasteiger partial charge in [0.25, 0.3) is 0 Å². The predicted octanol–water partition coefficient (Wildman–Crippen LogP) is 3.99. The molecule has 1 N–H and O–H groups in total. The minimum Gasteiger partial charge on any atom is -0.475 e. The molecular formula is C20H18N2O3. The third-order valence-electron chi connectivity index (χ3n) is 4.55. The van der Waals surface area contributed by atoms with Gasteiger partial charge in [0.05, 0.1) is 0 Å². The summed E-state index contributed by atoms with van der Waals surface area (Å²) in [5.41, 5.74) is 5.32. The van der Waals surface area contributed by atoms with E-state index < -0.39 is 5.97 Å². The zero-order valence-electron chi connectivity index (χ0n) is 13.7. The lowest BCUT2D eigenvalue weighted by Gasteiger charge is -2.31. The van der Waals surface area contributed by atoms with E-state index in [4.69, 9.17) is 9.63 Å². The first-order chi connectivity index (χ1) is 12.2. The van der Waals surface area contributed by atoms with Gasteiger partial charge in [-0.15, -0.1) is 0 Å². The summed E-state index contributed by atoms with van der Waals surface area (Å²) in [7, 11) is 0. The Kier molecular flexibility index (Phi) is 3.98. The molecule has 0 amide bonds. The van der Waals surface area contributed by atoms with Gasteiger partial charge >= 0.3 is 5.97 Å². The van der Waals surface area contributed by atoms with Gasteiger partial charge in [0.2, 0.25) is 5.76 Å². The monoisotopic (exact) mass is 334 g/mol. The van der Waals surface area contributed by atoms with Crippen LogP contribution in [0.15, 0.2) is 59.1 Å². The number of para-hydroxylation sites is 1. The smallest absolute Gasteiger partial charge is 0.374 e. The number of carboxylic acid groups (broad SMARTS) is 1. The number of aryl methyl sites for hydroxylation is 1. The Morgan fingerprint density at radius 2 is 1.96 bits per heavy atom. The topological polar surface area (TPSA) is 66.6 Å². The standard InChI is InChI=1S/C20H18N2O3/c23-20(24)19-12-17(21-25-19)15-9-7-14(8-10-15)13-22-11-3-5-16-4-1-2-6-18(16)22/h1-2,4,6-10,12H,3,5,11,13H2,(H,23,24). The SMILES string of the molecule is O=C(O)c1cc(-c2ccc(CN3CCCc4ccccc43)cc2)no1. The van der Waals surface area contributed by atoms with E-state index >= 15 is 0 Å². The molecule has 0 bridgehead atoms. The van der Waals surface area contributed by atoms with Crippen molar-refractivity contribution < 1.29 is 14.4 Å². The molecule has 1 aromatic heterocycles. The number of aromatic nitrogens is 1. The minimum atomic E-state index is -1.11. The average molecular weight is 334 g/mol. The van der Waals surface area contributed by atoms with Crippen LogP contribution in [0.25, 0.3) is 11.3 Å². The first kappa shape index (κ1) is 15.4. The van der Waals surface area contributed by atoms with Gasteiger partial charge < -0.3 is 14.5 Å². The number of anilines is 1. The van der Waals surface area contributed by atoms with Crippen molar-refractivity contribution in [3.8, 4) is 11.3 Å². The van der Waals surface area contributed by atoms with E-state index in [1.165, 1.54) is 29.3 Å². The second-order valence-corrected chi connectivity index (χ2v) is 6.23. The van der Waals surface area contributed by atoms with Crippen LogP contribution in [0.2, 0.25) is 0 Å². The molecule has 0 atom stereocenters. The van der Waals surface area contributed by atoms with Crippen LogP contribution in [0.3, 0.4) is 0 Å². The molecule has 0 radical (unpaired) electrons. The largest absolute Gasteiger partial charge is 0.475 e. The fraction of sp³-hybridized carbons (Fsp3) is 0.200. The summed E-state index contributed by atoms with van der Waals surface area (Å²) in [6.45, 7) is 1.92. The van der Waals surface area contributed by atoms with Crippen molar-refractivity contribution in [2.75, 3.05) is 11.4 Å². The number of carbonyl (C=O) groups is 1. The molecule has 5 nitrogen and oxygen atoms in total. The van der Waals surface area contributed by atoms with Crippen LogP contribution < -0.4 is 4.90 Å². The molecule has 2 aromatic carbocycles. The summed E-state index contributed by atoms with van der Waals surface area (Å²) in [4.78, 5) is 13.3. The van der Waals surface area contributed by atoms with E-state index in [2.05, 4.69) is 46.5 Å². The average Bonchev–Trinajstić information content (AvgIpc) is 3.13. The number of hydrogen-bond donors (Lipinski definition) is 1. The third-order valence-corrected chi connectivity index (χ3v) is 4.55. The summed E-state index contributed by atoms with van der Waals surface area (Å²) in [5, 5.41) is 12.7. The van der Waals surface area contributed by atoms with Crippen molar-refractivity contribution in [1.29, 1.82) is 0 Å². The van der Waals surface area contributed by atoms with Crippen LogP contribution in [-0.4, -0.2) is 22.8 Å². The quantitative estimate of drug-likeness (QED) is 0.781. The number of aromatic carboxylic acids is 1. The van der Waals surface area contributed by atoms with Gasteiger partial charge in [0.15, 0.2) is 0 Å². The number of hydrogen-bond acceptors (Lipinski definition) is 4. The molecule has 0 saturated heterocycles. The molecule has 1 aliphatic heterocycles. The third kappa shape index (κ3) is 3.13. The van der Waals surface area contributed by atoms with E-state index in [0.717, 1.165) is 25.1 Å². The number of fused-ring (bicyclic) bond motifs is 1. The maximum atomic E-state index is 10.9. The van der Waals surface area contributed by atoms with Gasteiger partial charge in [0, 0.05) is 30.4 Å². The van der Waals surface area contributed by atoms with Crippen molar-refractivity contribution >= 4 is 11.7 Å². The lowest BCUT2D eigenvalue weighted by Crippen LogP contribution is -2.28. The molecule has 5 heteroatoms. The first-order valence-electron chi connectivity index (χ1n) is 8.33. The highest BCUT2D eigenvalue weighted by molar-refractivity contribution is 5.85. The zero-order chi connectivity index (χ0) is 17.2. The summed E-state index contributed by atoms with van der Waals surface area (Å²) in [5.74, 6) is -1.26. The van der Waals surface area contributed by atoms with Crippen molar-refractivity contribution in [3.63, 3.8) is 0 Å². The molecule has 3 aromatic rings. The van der Waals surface area contributed by atoms with Crippen LogP contribution in [0.4, 0.5) is 5.69 Å². The molecule has 126 valence electrons. The van der Waals surface area contributed by atoms with Gasteiger partial charge in [-0.2, -0.15) is 0 Å². The fourth-order valence-electron chi connectivity index (χ4n) is 3.29. The lowest BCUT2D eigenvalue weighted by atomic mass is 10.0. The molecule has 0 aliphatic carbocycles. The first-order valence-corrected chi connectivity index (χ1v) is 8.33. The molecule has 25 heavy (non-hydrogen) atoms. The Hall–Kier alpha value is -3.08. The van der Waals surface area contributed by atoms with Crippen molar-refractivity contribution in [2.45, 2.75) is 19.4 Å². The lowest BCUT2D eigenvalue weighted by molar-refractivity contribution is 0.0652. The van der Waals surface area contributed by atoms with Crippen LogP contribution in [0.1, 0.15) is 28.1 Å². The maximum absolute atomic E-state index is 10.9.